The number of anilines is 1. The lowest BCUT2D eigenvalue weighted by Crippen LogP contribution is -2.11. The minimum Gasteiger partial charge on any atom is -0.383 e. The molecule has 136 valence electrons. The summed E-state index contributed by atoms with van der Waals surface area (Å²) in [6.07, 6.45) is -4.62. The smallest absolute Gasteiger partial charge is 0.383 e. The summed E-state index contributed by atoms with van der Waals surface area (Å²) in [6.45, 7) is 0. The van der Waals surface area contributed by atoms with Crippen molar-refractivity contribution >= 4 is 39.4 Å². The second kappa shape index (κ2) is 6.66. The monoisotopic (exact) mass is 387 g/mol. The van der Waals surface area contributed by atoms with Crippen molar-refractivity contribution in [3.63, 3.8) is 0 Å². The number of aromatic nitrogens is 4. The molecule has 0 saturated carbocycles. The summed E-state index contributed by atoms with van der Waals surface area (Å²) in [7, 11) is 0. The Bertz CT molecular complexity index is 1150. The van der Waals surface area contributed by atoms with Crippen LogP contribution in [0.1, 0.15) is 11.6 Å². The summed E-state index contributed by atoms with van der Waals surface area (Å²) in [4.78, 5) is 16.0. The molecule has 4 rings (SSSR count). The number of rotatable bonds is 3. The molecule has 0 spiro atoms. The molecule has 0 radical (unpaired) electrons. The number of thioether (sulfide) groups is 1. The van der Waals surface area contributed by atoms with Crippen LogP contribution >= 0.6 is 11.8 Å². The molecule has 2 N–H and O–H groups in total. The highest BCUT2D eigenvalue weighted by molar-refractivity contribution is 7.98. The number of para-hydroxylation sites is 2. The molecule has 2 heterocycles. The van der Waals surface area contributed by atoms with Gasteiger partial charge in [-0.05, 0) is 18.2 Å². The maximum Gasteiger partial charge on any atom is 0.451 e. The summed E-state index contributed by atoms with van der Waals surface area (Å²) >= 11 is 1.12. The second-order valence-corrected chi connectivity index (χ2v) is 6.66. The molecule has 0 aliphatic carbocycles. The van der Waals surface area contributed by atoms with Crippen molar-refractivity contribution in [2.75, 3.05) is 5.73 Å². The minimum absolute atomic E-state index is 0.225. The van der Waals surface area contributed by atoms with E-state index in [2.05, 4.69) is 19.9 Å². The van der Waals surface area contributed by atoms with Gasteiger partial charge in [0.2, 0.25) is 5.82 Å². The van der Waals surface area contributed by atoms with Crippen molar-refractivity contribution in [2.45, 2.75) is 17.0 Å². The number of nitrogen functional groups attached to an aromatic ring is 1. The molecule has 2 aromatic carbocycles. The number of nitrogens with zero attached hydrogens (tertiary/aromatic N) is 4. The van der Waals surface area contributed by atoms with Crippen LogP contribution in [-0.2, 0) is 11.9 Å². The molecule has 0 fully saturated rings. The zero-order valence-electron chi connectivity index (χ0n) is 13.7. The van der Waals surface area contributed by atoms with Crippen molar-refractivity contribution in [3.05, 3.63) is 60.2 Å². The number of halogens is 3. The molecule has 0 atom stereocenters. The molecule has 5 nitrogen and oxygen atoms in total. The topological polar surface area (TPSA) is 77.6 Å². The van der Waals surface area contributed by atoms with Gasteiger partial charge in [0.15, 0.2) is 0 Å². The fourth-order valence-electron chi connectivity index (χ4n) is 2.63. The molecule has 27 heavy (non-hydrogen) atoms. The van der Waals surface area contributed by atoms with E-state index in [1.165, 1.54) is 6.07 Å². The van der Waals surface area contributed by atoms with Crippen molar-refractivity contribution in [3.8, 4) is 0 Å². The third-order valence-electron chi connectivity index (χ3n) is 3.84. The Morgan fingerprint density at radius 1 is 0.815 bits per heavy atom. The van der Waals surface area contributed by atoms with E-state index in [1.807, 2.05) is 24.3 Å². The third-order valence-corrected chi connectivity index (χ3v) is 4.83. The van der Waals surface area contributed by atoms with E-state index in [4.69, 9.17) is 5.73 Å². The highest BCUT2D eigenvalue weighted by Gasteiger charge is 2.35. The Morgan fingerprint density at radius 2 is 1.44 bits per heavy atom. The molecule has 0 aliphatic heterocycles. The van der Waals surface area contributed by atoms with Gasteiger partial charge in [0, 0.05) is 10.8 Å². The van der Waals surface area contributed by atoms with Gasteiger partial charge in [0.1, 0.15) is 16.7 Å². The van der Waals surface area contributed by atoms with Gasteiger partial charge in [0.05, 0.1) is 16.8 Å². The van der Waals surface area contributed by atoms with E-state index in [0.717, 1.165) is 17.1 Å². The van der Waals surface area contributed by atoms with Gasteiger partial charge in [-0.2, -0.15) is 13.2 Å². The van der Waals surface area contributed by atoms with Crippen LogP contribution in [0.5, 0.6) is 0 Å². The highest BCUT2D eigenvalue weighted by Crippen LogP contribution is 2.33. The zero-order chi connectivity index (χ0) is 19.0. The first-order valence-electron chi connectivity index (χ1n) is 7.90. The summed E-state index contributed by atoms with van der Waals surface area (Å²) in [6, 6.07) is 13.9. The van der Waals surface area contributed by atoms with E-state index in [1.54, 1.807) is 18.2 Å². The third kappa shape index (κ3) is 3.50. The summed E-state index contributed by atoms with van der Waals surface area (Å²) in [5.41, 5.74) is 6.88. The normalized spacial score (nSPS) is 12.0. The van der Waals surface area contributed by atoms with Crippen LogP contribution in [0.2, 0.25) is 0 Å². The summed E-state index contributed by atoms with van der Waals surface area (Å²) in [5.74, 6) is -0.178. The molecule has 0 saturated heterocycles. The molecule has 9 heteroatoms. The van der Waals surface area contributed by atoms with Gasteiger partial charge in [-0.1, -0.05) is 42.1 Å². The maximum absolute atomic E-state index is 13.1. The average molecular weight is 387 g/mol. The van der Waals surface area contributed by atoms with Crippen LogP contribution < -0.4 is 5.73 Å². The Labute approximate surface area is 155 Å². The van der Waals surface area contributed by atoms with Gasteiger partial charge >= 0.3 is 6.18 Å². The van der Waals surface area contributed by atoms with Gasteiger partial charge in [-0.15, -0.1) is 0 Å². The zero-order valence-corrected chi connectivity index (χ0v) is 14.6. The van der Waals surface area contributed by atoms with E-state index in [9.17, 15) is 13.2 Å². The Kier molecular flexibility index (Phi) is 4.31. The van der Waals surface area contributed by atoms with Crippen molar-refractivity contribution in [1.82, 2.24) is 19.9 Å². The Morgan fingerprint density at radius 3 is 2.15 bits per heavy atom. The van der Waals surface area contributed by atoms with E-state index >= 15 is 0 Å². The predicted octanol–water partition coefficient (Wildman–Crippen LogP) is 4.47. The van der Waals surface area contributed by atoms with E-state index in [0.29, 0.717) is 22.5 Å². The predicted molar refractivity (Wildman–Crippen MR) is 98.1 cm³/mol. The van der Waals surface area contributed by atoms with Crippen LogP contribution in [0.4, 0.5) is 19.0 Å². The lowest BCUT2D eigenvalue weighted by molar-refractivity contribution is -0.145. The summed E-state index contributed by atoms with van der Waals surface area (Å²) in [5, 5.41) is 1.51. The number of benzene rings is 2. The Hall–Kier alpha value is -2.94. The lowest BCUT2D eigenvalue weighted by atomic mass is 10.2. The molecular formula is C18H12F3N5S. The molecule has 0 unspecified atom stereocenters. The highest BCUT2D eigenvalue weighted by atomic mass is 32.2. The molecule has 0 bridgehead atoms. The van der Waals surface area contributed by atoms with Gasteiger partial charge in [-0.25, -0.2) is 19.9 Å². The number of alkyl halides is 3. The second-order valence-electron chi connectivity index (χ2n) is 5.70. The molecule has 2 aromatic heterocycles. The fraction of sp³-hybridized carbons (Fsp3) is 0.111. The molecular weight excluding hydrogens is 375 g/mol. The quantitative estimate of drug-likeness (QED) is 0.413. The maximum atomic E-state index is 13.1. The Balaban J connectivity index is 1.71. The molecule has 0 amide bonds. The first kappa shape index (κ1) is 17.5. The molecule has 4 aromatic rings. The van der Waals surface area contributed by atoms with E-state index in [-0.39, 0.29) is 16.3 Å². The lowest BCUT2D eigenvalue weighted by Gasteiger charge is -2.10. The van der Waals surface area contributed by atoms with Crippen molar-refractivity contribution < 1.29 is 13.2 Å². The summed E-state index contributed by atoms with van der Waals surface area (Å²) < 4.78 is 39.3. The number of hydrogen-bond donors (Lipinski definition) is 1. The standard InChI is InChI=1S/C18H12F3N5S/c19-18(20,21)17-24-13-8-4-2-6-11(13)16(26-17)27-9-14-23-12-7-3-1-5-10(12)15(22)25-14/h1-8H,9H2,(H2,22,23,25). The number of hydrogen-bond acceptors (Lipinski definition) is 6. The van der Waals surface area contributed by atoms with Crippen LogP contribution in [0.15, 0.2) is 53.6 Å². The van der Waals surface area contributed by atoms with Crippen molar-refractivity contribution in [2.24, 2.45) is 0 Å². The van der Waals surface area contributed by atoms with Crippen LogP contribution in [0.25, 0.3) is 21.8 Å². The van der Waals surface area contributed by atoms with Crippen LogP contribution in [-0.4, -0.2) is 19.9 Å². The fourth-order valence-corrected chi connectivity index (χ4v) is 3.51. The van der Waals surface area contributed by atoms with Crippen molar-refractivity contribution in [1.29, 1.82) is 0 Å². The molecule has 0 aliphatic rings. The largest absolute Gasteiger partial charge is 0.451 e. The van der Waals surface area contributed by atoms with Gasteiger partial charge in [0.25, 0.3) is 0 Å². The van der Waals surface area contributed by atoms with Gasteiger partial charge < -0.3 is 5.73 Å². The number of fused-ring (bicyclic) bond motifs is 2. The van der Waals surface area contributed by atoms with Crippen LogP contribution in [0.3, 0.4) is 0 Å². The first-order chi connectivity index (χ1) is 12.9. The average Bonchev–Trinajstić information content (AvgIpc) is 2.65. The number of nitrogens with two attached hydrogens (primary N) is 1. The minimum atomic E-state index is -4.62. The van der Waals surface area contributed by atoms with E-state index < -0.39 is 12.0 Å². The van der Waals surface area contributed by atoms with Gasteiger partial charge in [-0.3, -0.25) is 0 Å². The first-order valence-corrected chi connectivity index (χ1v) is 8.88. The SMILES string of the molecule is Nc1nc(CSc2nc(C(F)(F)F)nc3ccccc23)nc2ccccc12. The van der Waals surface area contributed by atoms with Crippen LogP contribution in [0, 0.1) is 0 Å².